The van der Waals surface area contributed by atoms with Crippen molar-refractivity contribution in [3.05, 3.63) is 123 Å². The van der Waals surface area contributed by atoms with Crippen LogP contribution in [0, 0.1) is 31.6 Å². The predicted octanol–water partition coefficient (Wildman–Crippen LogP) is 14.7. The molecule has 0 saturated carbocycles. The summed E-state index contributed by atoms with van der Waals surface area (Å²) in [5.41, 5.74) is 14.0. The van der Waals surface area contributed by atoms with Crippen LogP contribution in [0.4, 0.5) is 0 Å². The smallest absolute Gasteiger partial charge is 0.310 e. The second-order valence-corrected chi connectivity index (χ2v) is 21.2. The molecule has 3 N–H and O–H groups in total. The number of methoxy groups -OCH3 is 1. The van der Waals surface area contributed by atoms with E-state index in [4.69, 9.17) is 19.4 Å². The highest BCUT2D eigenvalue weighted by atomic mass is 16.5. The molecule has 1 amide bonds. The first kappa shape index (κ1) is 55.3. The van der Waals surface area contributed by atoms with Gasteiger partial charge in [-0.1, -0.05) is 135 Å². The Hall–Kier alpha value is -6.03. The minimum Gasteiger partial charge on any atom is -0.469 e. The van der Waals surface area contributed by atoms with Crippen LogP contribution in [0.1, 0.15) is 194 Å². The number of aromatic nitrogens is 4. The van der Waals surface area contributed by atoms with Crippen molar-refractivity contribution < 1.29 is 23.9 Å². The number of hydrogen-bond donors (Lipinski definition) is 3. The molecule has 5 heterocycles. The van der Waals surface area contributed by atoms with E-state index < -0.39 is 5.97 Å². The lowest BCUT2D eigenvalue weighted by atomic mass is 9.84. The van der Waals surface area contributed by atoms with Crippen LogP contribution in [0.15, 0.2) is 66.8 Å². The minimum absolute atomic E-state index is 0.139. The first-order valence-corrected chi connectivity index (χ1v) is 26.8. The molecule has 386 valence electrons. The molecule has 4 unspecified atom stereocenters. The van der Waals surface area contributed by atoms with Gasteiger partial charge in [0, 0.05) is 63.7 Å². The van der Waals surface area contributed by atoms with Crippen LogP contribution in [0.2, 0.25) is 0 Å². The molecule has 0 saturated heterocycles. The van der Waals surface area contributed by atoms with Gasteiger partial charge in [0.1, 0.15) is 6.61 Å². The van der Waals surface area contributed by atoms with Gasteiger partial charge in [-0.05, 0) is 123 Å². The van der Waals surface area contributed by atoms with Gasteiger partial charge in [0.2, 0.25) is 0 Å². The third kappa shape index (κ3) is 14.1. The van der Waals surface area contributed by atoms with Gasteiger partial charge in [-0.2, -0.15) is 0 Å². The van der Waals surface area contributed by atoms with E-state index >= 15 is 0 Å². The number of fused-ring (bicyclic) bond motifs is 8. The van der Waals surface area contributed by atoms with Crippen LogP contribution >= 0.6 is 0 Å². The minimum atomic E-state index is -0.491. The van der Waals surface area contributed by atoms with E-state index in [0.717, 1.165) is 86.7 Å². The summed E-state index contributed by atoms with van der Waals surface area (Å²) in [7, 11) is 1.36. The van der Waals surface area contributed by atoms with E-state index in [1.54, 1.807) is 0 Å². The van der Waals surface area contributed by atoms with Gasteiger partial charge in [-0.3, -0.25) is 19.4 Å². The van der Waals surface area contributed by atoms with E-state index in [1.165, 1.54) is 57.6 Å². The van der Waals surface area contributed by atoms with Gasteiger partial charge in [-0.15, -0.1) is 0 Å². The van der Waals surface area contributed by atoms with Gasteiger partial charge in [0.25, 0.3) is 5.91 Å². The van der Waals surface area contributed by atoms with Crippen molar-refractivity contribution in [3.8, 4) is 0 Å². The summed E-state index contributed by atoms with van der Waals surface area (Å²) in [5, 5.41) is 3.14. The number of nitrogens with one attached hydrogen (secondary N) is 3. The maximum Gasteiger partial charge on any atom is 0.310 e. The Bertz CT molecular complexity index is 2790. The molecule has 10 heteroatoms. The summed E-state index contributed by atoms with van der Waals surface area (Å²) in [6.45, 7) is 26.6. The zero-order chi connectivity index (χ0) is 52.1. The number of esters is 2. The quantitative estimate of drug-likeness (QED) is 0.0469. The van der Waals surface area contributed by atoms with E-state index in [0.29, 0.717) is 52.7 Å². The van der Waals surface area contributed by atoms with E-state index in [-0.39, 0.29) is 43.2 Å². The molecule has 0 aliphatic carbocycles. The number of H-pyrrole nitrogens is 2. The lowest BCUT2D eigenvalue weighted by molar-refractivity contribution is -0.143. The number of benzene rings is 1. The second kappa shape index (κ2) is 26.1. The van der Waals surface area contributed by atoms with Gasteiger partial charge in [0.15, 0.2) is 0 Å². The Balaban J connectivity index is 1.31. The highest BCUT2D eigenvalue weighted by Gasteiger charge is 2.36. The van der Waals surface area contributed by atoms with Crippen molar-refractivity contribution in [2.24, 2.45) is 17.8 Å². The van der Waals surface area contributed by atoms with Crippen molar-refractivity contribution >= 4 is 57.1 Å². The Labute approximate surface area is 430 Å². The number of carbonyl (C=O) groups excluding carboxylic acids is 3. The number of allylic oxidation sites excluding steroid dienone is 2. The van der Waals surface area contributed by atoms with Crippen LogP contribution in [0.25, 0.3) is 39.3 Å². The lowest BCUT2D eigenvalue weighted by Crippen LogP contribution is -2.25. The maximum atomic E-state index is 14.6. The maximum absolute atomic E-state index is 14.6. The average Bonchev–Trinajstić information content (AvgIpc) is 4.04. The van der Waals surface area contributed by atoms with Crippen molar-refractivity contribution in [1.29, 1.82) is 0 Å². The number of ether oxygens (including phenoxy) is 2. The second-order valence-electron chi connectivity index (χ2n) is 21.2. The third-order valence-corrected chi connectivity index (χ3v) is 15.3. The van der Waals surface area contributed by atoms with Crippen LogP contribution in [0.3, 0.4) is 0 Å². The molecule has 8 bridgehead atoms. The SMILES string of the molecule is C=Cc1c(C)c2cc3nc(c(CC(=O)OC)c4nc(cc5[nH]c(cc1[nH]2)c(C)c5CC)C(C)=C4C(=O)NCc1ccccc1)C(CCC(=O)OC/C=C(\C)CCCC(C)CCCC(C)CCCC(C)C)C3C. The first-order valence-electron chi connectivity index (χ1n) is 26.8. The molecule has 2 aliphatic heterocycles. The number of carbonyl (C=O) groups is 3. The average molecular weight is 978 g/mol. The molecule has 4 aromatic rings. The Morgan fingerprint density at radius 2 is 1.47 bits per heavy atom. The number of aryl methyl sites for hydroxylation is 3. The number of aromatic amines is 2. The van der Waals surface area contributed by atoms with Crippen molar-refractivity contribution in [1.82, 2.24) is 25.3 Å². The Morgan fingerprint density at radius 3 is 2.14 bits per heavy atom. The number of amides is 1. The summed E-state index contributed by atoms with van der Waals surface area (Å²) < 4.78 is 11.2. The third-order valence-electron chi connectivity index (χ3n) is 15.3. The zero-order valence-electron chi connectivity index (χ0n) is 45.4. The molecular weight excluding hydrogens is 895 g/mol. The summed E-state index contributed by atoms with van der Waals surface area (Å²) in [4.78, 5) is 59.8. The first-order chi connectivity index (χ1) is 34.5. The van der Waals surface area contributed by atoms with Crippen molar-refractivity contribution in [2.75, 3.05) is 13.7 Å². The lowest BCUT2D eigenvalue weighted by Gasteiger charge is -2.19. The summed E-state index contributed by atoms with van der Waals surface area (Å²) >= 11 is 0. The van der Waals surface area contributed by atoms with Crippen LogP contribution < -0.4 is 5.32 Å². The van der Waals surface area contributed by atoms with Gasteiger partial charge in [0.05, 0.1) is 36.2 Å². The molecule has 6 rings (SSSR count). The Morgan fingerprint density at radius 1 is 0.806 bits per heavy atom. The van der Waals surface area contributed by atoms with E-state index in [1.807, 2.05) is 55.5 Å². The summed E-state index contributed by atoms with van der Waals surface area (Å²) in [6.07, 6.45) is 16.3. The van der Waals surface area contributed by atoms with Crippen molar-refractivity contribution in [2.45, 2.75) is 171 Å². The molecule has 72 heavy (non-hydrogen) atoms. The van der Waals surface area contributed by atoms with Crippen molar-refractivity contribution in [3.63, 3.8) is 0 Å². The molecular formula is C62H83N5O5. The van der Waals surface area contributed by atoms with Gasteiger partial charge < -0.3 is 24.8 Å². The summed E-state index contributed by atoms with van der Waals surface area (Å²) in [5.74, 6) is 0.700. The molecule has 0 fully saturated rings. The predicted molar refractivity (Wildman–Crippen MR) is 296 cm³/mol. The van der Waals surface area contributed by atoms with Gasteiger partial charge >= 0.3 is 11.9 Å². The van der Waals surface area contributed by atoms with E-state index in [9.17, 15) is 14.4 Å². The normalized spacial score (nSPS) is 15.7. The molecule has 1 aromatic carbocycles. The molecule has 4 atom stereocenters. The van der Waals surface area contributed by atoms with E-state index in [2.05, 4.69) is 96.3 Å². The van der Waals surface area contributed by atoms with Crippen LogP contribution in [0.5, 0.6) is 0 Å². The highest BCUT2D eigenvalue weighted by molar-refractivity contribution is 6.27. The molecule has 2 aliphatic rings. The fourth-order valence-electron chi connectivity index (χ4n) is 10.6. The Kier molecular flexibility index (Phi) is 20.0. The van der Waals surface area contributed by atoms with Crippen LogP contribution in [-0.4, -0.2) is 51.5 Å². The molecule has 10 nitrogen and oxygen atoms in total. The molecule has 3 aromatic heterocycles. The standard InChI is InChI=1S/C62H83N5O5/c1-13-47-42(8)51-34-53-44(10)49(29-30-57(68)72-32-31-41(7)26-20-25-40(6)24-19-23-39(5)22-18-21-38(3)4)60(66-53)50(33-58(69)71-12)61-59(62(70)63-37-46-27-16-15-17-28-46)45(11)54(67-61)36-56-48(14-2)43(9)52(65-56)35-55(47)64-51/h13,15-17,27-28,31,34-36,38-40,44,49,64-65H,1,14,18-26,29-30,32-33,37H2,2-12H3,(H,63,70)/b41-31+,51-34?,52-35?,53-34?,54-36?,55-35?,56-36?,60-50?,61-50?. The number of rotatable bonds is 24. The topological polar surface area (TPSA) is 139 Å². The molecule has 0 spiro atoms. The monoisotopic (exact) mass is 978 g/mol. The number of nitrogens with zero attached hydrogens (tertiary/aromatic N) is 2. The number of hydrogen-bond acceptors (Lipinski definition) is 7. The highest BCUT2D eigenvalue weighted by Crippen LogP contribution is 2.44. The van der Waals surface area contributed by atoms with Gasteiger partial charge in [-0.25, -0.2) is 4.98 Å². The summed E-state index contributed by atoms with van der Waals surface area (Å²) in [6, 6.07) is 16.0. The zero-order valence-corrected chi connectivity index (χ0v) is 45.4. The molecule has 0 radical (unpaired) electrons. The fraction of sp³-hybridized carbons (Fsp3) is 0.500. The largest absolute Gasteiger partial charge is 0.469 e. The van der Waals surface area contributed by atoms with Crippen LogP contribution in [-0.2, 0) is 43.2 Å². The fourth-order valence-corrected chi connectivity index (χ4v) is 10.6.